The second-order valence-electron chi connectivity index (χ2n) is 3.86. The van der Waals surface area contributed by atoms with Crippen molar-refractivity contribution in [2.45, 2.75) is 0 Å². The second-order valence-corrected chi connectivity index (χ2v) is 5.06. The normalized spacial score (nSPS) is 11.2. The third kappa shape index (κ3) is 1.68. The minimum absolute atomic E-state index is 0.562. The fraction of sp³-hybridized carbons (Fsp3) is 0. The summed E-state index contributed by atoms with van der Waals surface area (Å²) in [6.45, 7) is 0. The molecule has 0 bridgehead atoms. The monoisotopic (exact) mass is 280 g/mol. The van der Waals surface area contributed by atoms with Crippen LogP contribution in [0, 0.1) is 0 Å². The first kappa shape index (κ1) is 11.2. The lowest BCUT2D eigenvalue weighted by Crippen LogP contribution is -1.81. The maximum Gasteiger partial charge on any atom is 0.0676 e. The molecule has 0 atom stereocenters. The molecule has 17 heavy (non-hydrogen) atoms. The molecule has 3 aromatic carbocycles. The van der Waals surface area contributed by atoms with Crippen LogP contribution in [-0.4, -0.2) is 0 Å². The van der Waals surface area contributed by atoms with Crippen LogP contribution in [0.3, 0.4) is 0 Å². The summed E-state index contributed by atoms with van der Waals surface area (Å²) < 4.78 is 0. The zero-order valence-corrected chi connectivity index (χ0v) is 10.9. The van der Waals surface area contributed by atoms with E-state index in [1.165, 1.54) is 0 Å². The van der Waals surface area contributed by atoms with Crippen molar-refractivity contribution in [2.75, 3.05) is 0 Å². The van der Waals surface area contributed by atoms with Crippen molar-refractivity contribution < 1.29 is 0 Å². The molecule has 0 aliphatic rings. The summed E-state index contributed by atoms with van der Waals surface area (Å²) >= 11 is 18.6. The molecule has 0 unspecified atom stereocenters. The van der Waals surface area contributed by atoms with E-state index < -0.39 is 0 Å². The van der Waals surface area contributed by atoms with Crippen molar-refractivity contribution in [3.63, 3.8) is 0 Å². The summed E-state index contributed by atoms with van der Waals surface area (Å²) in [4.78, 5) is 0. The van der Waals surface area contributed by atoms with E-state index in [1.54, 1.807) is 6.07 Å². The minimum Gasteiger partial charge on any atom is -0.0836 e. The van der Waals surface area contributed by atoms with E-state index in [2.05, 4.69) is 0 Å². The molecule has 0 amide bonds. The van der Waals surface area contributed by atoms with E-state index in [-0.39, 0.29) is 0 Å². The molecule has 0 aromatic heterocycles. The molecule has 0 fully saturated rings. The molecule has 3 aromatic rings. The zero-order chi connectivity index (χ0) is 12.0. The summed E-state index contributed by atoms with van der Waals surface area (Å²) in [6, 6.07) is 13.6. The Hall–Kier alpha value is -0.950. The molecule has 0 heterocycles. The topological polar surface area (TPSA) is 0 Å². The highest BCUT2D eigenvalue weighted by Gasteiger charge is 2.09. The first-order chi connectivity index (χ1) is 8.18. The van der Waals surface area contributed by atoms with E-state index in [1.807, 2.05) is 36.4 Å². The molecule has 0 nitrogen and oxygen atoms in total. The van der Waals surface area contributed by atoms with Crippen molar-refractivity contribution >= 4 is 56.3 Å². The predicted molar refractivity (Wildman–Crippen MR) is 76.5 cm³/mol. The third-order valence-electron chi connectivity index (χ3n) is 2.86. The van der Waals surface area contributed by atoms with Gasteiger partial charge in [0.2, 0.25) is 0 Å². The van der Waals surface area contributed by atoms with E-state index >= 15 is 0 Å². The Morgan fingerprint density at radius 3 is 2.18 bits per heavy atom. The summed E-state index contributed by atoms with van der Waals surface area (Å²) in [5, 5.41) is 5.85. The maximum atomic E-state index is 6.28. The van der Waals surface area contributed by atoms with E-state index in [4.69, 9.17) is 34.8 Å². The van der Waals surface area contributed by atoms with Gasteiger partial charge in [-0.05, 0) is 22.9 Å². The van der Waals surface area contributed by atoms with Crippen LogP contribution in [0.25, 0.3) is 21.5 Å². The smallest absolute Gasteiger partial charge is 0.0676 e. The summed E-state index contributed by atoms with van der Waals surface area (Å²) in [5.74, 6) is 0. The van der Waals surface area contributed by atoms with Crippen LogP contribution >= 0.6 is 34.8 Å². The molecule has 0 spiro atoms. The summed E-state index contributed by atoms with van der Waals surface area (Å²) in [6.07, 6.45) is 0. The number of rotatable bonds is 0. The van der Waals surface area contributed by atoms with Crippen LogP contribution in [-0.2, 0) is 0 Å². The maximum absolute atomic E-state index is 6.28. The molecule has 0 radical (unpaired) electrons. The number of fused-ring (bicyclic) bond motifs is 3. The molecule has 0 aliphatic heterocycles. The number of hydrogen-bond acceptors (Lipinski definition) is 0. The van der Waals surface area contributed by atoms with Crippen molar-refractivity contribution in [3.8, 4) is 0 Å². The van der Waals surface area contributed by atoms with Crippen LogP contribution in [0.5, 0.6) is 0 Å². The number of benzene rings is 3. The molecule has 0 aliphatic carbocycles. The lowest BCUT2D eigenvalue weighted by molar-refractivity contribution is 1.76. The van der Waals surface area contributed by atoms with Gasteiger partial charge in [0.05, 0.1) is 10.0 Å². The summed E-state index contributed by atoms with van der Waals surface area (Å²) in [7, 11) is 0. The lowest BCUT2D eigenvalue weighted by atomic mass is 10.0. The quantitative estimate of drug-likeness (QED) is 0.446. The van der Waals surface area contributed by atoms with Gasteiger partial charge in [-0.25, -0.2) is 0 Å². The Bertz CT molecular complexity index is 732. The van der Waals surface area contributed by atoms with Gasteiger partial charge in [0, 0.05) is 15.8 Å². The van der Waals surface area contributed by atoms with Gasteiger partial charge in [-0.2, -0.15) is 0 Å². The molecule has 0 saturated carbocycles. The molecular weight excluding hydrogens is 275 g/mol. The number of hydrogen-bond donors (Lipinski definition) is 0. The Morgan fingerprint density at radius 2 is 1.41 bits per heavy atom. The van der Waals surface area contributed by atoms with Crippen LogP contribution in [0.4, 0.5) is 0 Å². The standard InChI is InChI=1S/C14H7Cl3/c15-11-6-5-8-7-12(16)9-3-1-2-4-10(9)13(8)14(11)17/h1-7H. The zero-order valence-electron chi connectivity index (χ0n) is 8.68. The van der Waals surface area contributed by atoms with Gasteiger partial charge in [-0.1, -0.05) is 65.1 Å². The van der Waals surface area contributed by atoms with Gasteiger partial charge in [0.15, 0.2) is 0 Å². The number of halogens is 3. The van der Waals surface area contributed by atoms with Crippen molar-refractivity contribution in [2.24, 2.45) is 0 Å². The first-order valence-electron chi connectivity index (χ1n) is 5.13. The van der Waals surface area contributed by atoms with Gasteiger partial charge < -0.3 is 0 Å². The first-order valence-corrected chi connectivity index (χ1v) is 6.27. The van der Waals surface area contributed by atoms with Gasteiger partial charge in [-0.3, -0.25) is 0 Å². The van der Waals surface area contributed by atoms with E-state index in [0.29, 0.717) is 10.0 Å². The van der Waals surface area contributed by atoms with E-state index in [0.717, 1.165) is 26.6 Å². The molecule has 3 rings (SSSR count). The highest BCUT2D eigenvalue weighted by molar-refractivity contribution is 6.47. The van der Waals surface area contributed by atoms with Gasteiger partial charge in [0.1, 0.15) is 0 Å². The van der Waals surface area contributed by atoms with Crippen LogP contribution < -0.4 is 0 Å². The average molecular weight is 282 g/mol. The minimum atomic E-state index is 0.562. The Kier molecular flexibility index (Phi) is 2.67. The fourth-order valence-corrected chi connectivity index (χ4v) is 2.80. The third-order valence-corrected chi connectivity index (χ3v) is 3.98. The van der Waals surface area contributed by atoms with Crippen LogP contribution in [0.1, 0.15) is 0 Å². The predicted octanol–water partition coefficient (Wildman–Crippen LogP) is 5.95. The highest BCUT2D eigenvalue weighted by Crippen LogP contribution is 2.38. The van der Waals surface area contributed by atoms with Crippen molar-refractivity contribution in [3.05, 3.63) is 57.5 Å². The fourth-order valence-electron chi connectivity index (χ4n) is 2.08. The SMILES string of the molecule is Clc1ccc2cc(Cl)c3ccccc3c2c1Cl. The Morgan fingerprint density at radius 1 is 0.706 bits per heavy atom. The summed E-state index contributed by atoms with van der Waals surface area (Å²) in [5.41, 5.74) is 0. The molecular formula is C14H7Cl3. The van der Waals surface area contributed by atoms with Crippen molar-refractivity contribution in [1.29, 1.82) is 0 Å². The average Bonchev–Trinajstić information content (AvgIpc) is 2.34. The molecule has 0 N–H and O–H groups in total. The Balaban J connectivity index is 2.66. The van der Waals surface area contributed by atoms with Gasteiger partial charge in [-0.15, -0.1) is 0 Å². The van der Waals surface area contributed by atoms with E-state index in [9.17, 15) is 0 Å². The Labute approximate surface area is 114 Å². The lowest BCUT2D eigenvalue weighted by Gasteiger charge is -2.08. The second kappa shape index (κ2) is 4.06. The molecule has 84 valence electrons. The molecule has 3 heteroatoms. The van der Waals surface area contributed by atoms with Crippen molar-refractivity contribution in [1.82, 2.24) is 0 Å². The molecule has 0 saturated heterocycles. The van der Waals surface area contributed by atoms with Crippen LogP contribution in [0.15, 0.2) is 42.5 Å². The van der Waals surface area contributed by atoms with Gasteiger partial charge in [0.25, 0.3) is 0 Å². The van der Waals surface area contributed by atoms with Crippen LogP contribution in [0.2, 0.25) is 15.1 Å². The van der Waals surface area contributed by atoms with Gasteiger partial charge >= 0.3 is 0 Å². The largest absolute Gasteiger partial charge is 0.0836 e. The highest BCUT2D eigenvalue weighted by atomic mass is 35.5.